The van der Waals surface area contributed by atoms with Gasteiger partial charge in [0.05, 0.1) is 0 Å². The molecule has 0 aromatic heterocycles. The topological polar surface area (TPSA) is 46.2 Å². The van der Waals surface area contributed by atoms with Gasteiger partial charge < -0.3 is 5.32 Å². The van der Waals surface area contributed by atoms with Crippen molar-refractivity contribution in [1.29, 1.82) is 0 Å². The molecule has 1 atom stereocenters. The van der Waals surface area contributed by atoms with Gasteiger partial charge in [-0.15, -0.1) is 0 Å². The zero-order valence-corrected chi connectivity index (χ0v) is 11.1. The first-order chi connectivity index (χ1) is 9.22. The fraction of sp³-hybridized carbons (Fsp3) is 0.200. The highest BCUT2D eigenvalue weighted by atomic mass is 32.2. The summed E-state index contributed by atoms with van der Waals surface area (Å²) < 4.78 is 0. The fourth-order valence-corrected chi connectivity index (χ4v) is 3.33. The predicted molar refractivity (Wildman–Crippen MR) is 75.5 cm³/mol. The molecule has 0 saturated carbocycles. The Kier molecular flexibility index (Phi) is 3.25. The number of Topliss-reactive ketones (excluding diaryl/α,β-unsaturated/α-hetero) is 1. The molecule has 96 valence electrons. The van der Waals surface area contributed by atoms with Gasteiger partial charge in [0.2, 0.25) is 0 Å². The number of nitrogens with one attached hydrogen (secondary N) is 1. The molecule has 0 amide bonds. The minimum atomic E-state index is -0.263. The van der Waals surface area contributed by atoms with E-state index in [1.807, 2.05) is 30.3 Å². The van der Waals surface area contributed by atoms with E-state index in [4.69, 9.17) is 0 Å². The summed E-state index contributed by atoms with van der Waals surface area (Å²) >= 11 is 1.47. The Morgan fingerprint density at radius 3 is 2.84 bits per heavy atom. The maximum Gasteiger partial charge on any atom is 0.170 e. The van der Waals surface area contributed by atoms with Gasteiger partial charge in [0.1, 0.15) is 5.37 Å². The number of allylic oxidation sites excluding steroid dienone is 3. The summed E-state index contributed by atoms with van der Waals surface area (Å²) in [5.74, 6) is 0.246. The smallest absolute Gasteiger partial charge is 0.170 e. The summed E-state index contributed by atoms with van der Waals surface area (Å²) in [4.78, 5) is 24.5. The van der Waals surface area contributed by atoms with Crippen LogP contribution in [-0.2, 0) is 16.0 Å². The van der Waals surface area contributed by atoms with Crippen LogP contribution in [0.3, 0.4) is 0 Å². The number of carbonyl (C=O) groups is 2. The predicted octanol–water partition coefficient (Wildman–Crippen LogP) is 2.20. The number of thioether (sulfide) groups is 1. The van der Waals surface area contributed by atoms with Crippen LogP contribution in [0.5, 0.6) is 0 Å². The molecule has 0 bridgehead atoms. The van der Waals surface area contributed by atoms with Crippen LogP contribution in [0.4, 0.5) is 0 Å². The normalized spacial score (nSPS) is 21.3. The molecule has 0 radical (unpaired) electrons. The third-order valence-corrected chi connectivity index (χ3v) is 4.40. The van der Waals surface area contributed by atoms with Crippen molar-refractivity contribution in [3.63, 3.8) is 0 Å². The van der Waals surface area contributed by atoms with Crippen LogP contribution in [0.15, 0.2) is 53.1 Å². The highest BCUT2D eigenvalue weighted by Gasteiger charge is 2.30. The number of hydrogen-bond acceptors (Lipinski definition) is 4. The summed E-state index contributed by atoms with van der Waals surface area (Å²) in [6.07, 6.45) is 4.17. The lowest BCUT2D eigenvalue weighted by molar-refractivity contribution is -0.118. The second-order valence-corrected chi connectivity index (χ2v) is 5.78. The molecule has 4 heteroatoms. The van der Waals surface area contributed by atoms with Crippen molar-refractivity contribution < 1.29 is 9.59 Å². The Balaban J connectivity index is 1.65. The van der Waals surface area contributed by atoms with Gasteiger partial charge >= 0.3 is 0 Å². The second-order valence-electron chi connectivity index (χ2n) is 4.58. The third kappa shape index (κ3) is 2.63. The van der Waals surface area contributed by atoms with Crippen molar-refractivity contribution in [1.82, 2.24) is 5.32 Å². The van der Waals surface area contributed by atoms with Gasteiger partial charge in [0.25, 0.3) is 0 Å². The average Bonchev–Trinajstić information content (AvgIpc) is 2.83. The molecule has 3 rings (SSSR count). The number of carbonyl (C=O) groups excluding carboxylic acids is 2. The van der Waals surface area contributed by atoms with E-state index < -0.39 is 0 Å². The molecule has 1 N–H and O–H groups in total. The van der Waals surface area contributed by atoms with E-state index in [-0.39, 0.29) is 16.9 Å². The highest BCUT2D eigenvalue weighted by Crippen LogP contribution is 2.36. The first-order valence-corrected chi connectivity index (χ1v) is 7.04. The summed E-state index contributed by atoms with van der Waals surface area (Å²) in [7, 11) is 0. The van der Waals surface area contributed by atoms with Gasteiger partial charge in [-0.25, -0.2) is 0 Å². The molecule has 1 aliphatic carbocycles. The number of hydrogen-bond donors (Lipinski definition) is 1. The zero-order chi connectivity index (χ0) is 13.2. The van der Waals surface area contributed by atoms with Gasteiger partial charge in [-0.05, 0) is 17.7 Å². The lowest BCUT2D eigenvalue weighted by Crippen LogP contribution is -2.30. The minimum Gasteiger partial charge on any atom is -0.366 e. The van der Waals surface area contributed by atoms with Crippen LogP contribution in [0, 0.1) is 0 Å². The molecular formula is C15H13NO2S. The van der Waals surface area contributed by atoms with Crippen LogP contribution in [0.1, 0.15) is 12.0 Å². The summed E-state index contributed by atoms with van der Waals surface area (Å²) in [6, 6.07) is 9.71. The molecule has 0 fully saturated rings. The summed E-state index contributed by atoms with van der Waals surface area (Å²) in [5.41, 5.74) is 1.95. The van der Waals surface area contributed by atoms with E-state index in [9.17, 15) is 9.59 Å². The maximum atomic E-state index is 12.2. The quantitative estimate of drug-likeness (QED) is 0.915. The van der Waals surface area contributed by atoms with Crippen molar-refractivity contribution in [3.8, 4) is 0 Å². The third-order valence-electron chi connectivity index (χ3n) is 3.13. The average molecular weight is 271 g/mol. The van der Waals surface area contributed by atoms with E-state index >= 15 is 0 Å². The molecule has 0 saturated heterocycles. The van der Waals surface area contributed by atoms with Gasteiger partial charge in [-0.3, -0.25) is 9.59 Å². The highest BCUT2D eigenvalue weighted by molar-refractivity contribution is 8.04. The Labute approximate surface area is 115 Å². The van der Waals surface area contributed by atoms with Gasteiger partial charge in [-0.2, -0.15) is 0 Å². The largest absolute Gasteiger partial charge is 0.366 e. The molecule has 1 heterocycles. The molecule has 1 aromatic carbocycles. The standard InChI is InChI=1S/C15H13NO2S/c17-11-6-7-12-14(9-11)19-15(16-12)13(18)8-10-4-2-1-3-5-10/h1-7,15-16H,8-9H2. The monoisotopic (exact) mass is 271 g/mol. The van der Waals surface area contributed by atoms with E-state index in [1.165, 1.54) is 11.8 Å². The van der Waals surface area contributed by atoms with Crippen molar-refractivity contribution in [2.24, 2.45) is 0 Å². The molecule has 1 unspecified atom stereocenters. The van der Waals surface area contributed by atoms with Crippen LogP contribution < -0.4 is 5.32 Å². The molecule has 3 nitrogen and oxygen atoms in total. The van der Waals surface area contributed by atoms with Crippen molar-refractivity contribution in [2.75, 3.05) is 0 Å². The van der Waals surface area contributed by atoms with Gasteiger partial charge in [0, 0.05) is 23.4 Å². The summed E-state index contributed by atoms with van der Waals surface area (Å²) in [6.45, 7) is 0. The van der Waals surface area contributed by atoms with Crippen LogP contribution in [0.2, 0.25) is 0 Å². The molecule has 1 aliphatic heterocycles. The zero-order valence-electron chi connectivity index (χ0n) is 10.3. The maximum absolute atomic E-state index is 12.2. The Hall–Kier alpha value is -1.81. The van der Waals surface area contributed by atoms with E-state index in [1.54, 1.807) is 12.2 Å². The SMILES string of the molecule is O=C1C=CC2=C(C1)SC(C(=O)Cc1ccccc1)N2. The minimum absolute atomic E-state index is 0.101. The lowest BCUT2D eigenvalue weighted by atomic mass is 10.1. The van der Waals surface area contributed by atoms with Crippen molar-refractivity contribution in [2.45, 2.75) is 18.2 Å². The molecular weight excluding hydrogens is 258 g/mol. The van der Waals surface area contributed by atoms with Crippen molar-refractivity contribution in [3.05, 3.63) is 58.6 Å². The van der Waals surface area contributed by atoms with Gasteiger partial charge in [-0.1, -0.05) is 42.1 Å². The Morgan fingerprint density at radius 2 is 2.05 bits per heavy atom. The van der Waals surface area contributed by atoms with E-state index in [2.05, 4.69) is 5.32 Å². The Bertz CT molecular complexity index is 589. The molecule has 2 aliphatic rings. The van der Waals surface area contributed by atoms with Crippen molar-refractivity contribution >= 4 is 23.3 Å². The number of rotatable bonds is 3. The molecule has 1 aromatic rings. The molecule has 0 spiro atoms. The first kappa shape index (κ1) is 12.2. The number of ketones is 2. The Morgan fingerprint density at radius 1 is 1.26 bits per heavy atom. The molecule has 19 heavy (non-hydrogen) atoms. The van der Waals surface area contributed by atoms with Crippen LogP contribution in [0.25, 0.3) is 0 Å². The first-order valence-electron chi connectivity index (χ1n) is 6.16. The van der Waals surface area contributed by atoms with Crippen LogP contribution in [-0.4, -0.2) is 16.9 Å². The lowest BCUT2D eigenvalue weighted by Gasteiger charge is -2.10. The van der Waals surface area contributed by atoms with Crippen LogP contribution >= 0.6 is 11.8 Å². The van der Waals surface area contributed by atoms with E-state index in [0.717, 1.165) is 16.2 Å². The fourth-order valence-electron chi connectivity index (χ4n) is 2.16. The van der Waals surface area contributed by atoms with E-state index in [0.29, 0.717) is 12.8 Å². The number of benzene rings is 1. The second kappa shape index (κ2) is 5.05. The van der Waals surface area contributed by atoms with Gasteiger partial charge in [0.15, 0.2) is 11.6 Å². The summed E-state index contributed by atoms with van der Waals surface area (Å²) in [5, 5.41) is 2.92.